The van der Waals surface area contributed by atoms with Gasteiger partial charge in [-0.2, -0.15) is 0 Å². The molecule has 0 radical (unpaired) electrons. The summed E-state index contributed by atoms with van der Waals surface area (Å²) in [6.45, 7) is 1.72. The van der Waals surface area contributed by atoms with Gasteiger partial charge in [-0.3, -0.25) is 0 Å². The van der Waals surface area contributed by atoms with Crippen LogP contribution in [-0.2, 0) is 0 Å². The first-order valence-electron chi connectivity index (χ1n) is 7.33. The molecule has 23 heavy (non-hydrogen) atoms. The highest BCUT2D eigenvalue weighted by Gasteiger charge is 2.18. The Morgan fingerprint density at radius 3 is 3.04 bits per heavy atom. The number of nitrogens with zero attached hydrogens (tertiary/aromatic N) is 3. The van der Waals surface area contributed by atoms with Crippen LogP contribution in [0, 0.1) is 5.82 Å². The second-order valence-electron chi connectivity index (χ2n) is 5.48. The molecule has 3 aromatic heterocycles. The van der Waals surface area contributed by atoms with E-state index < -0.39 is 5.82 Å². The van der Waals surface area contributed by atoms with E-state index in [4.69, 9.17) is 11.6 Å². The van der Waals surface area contributed by atoms with Crippen molar-refractivity contribution in [2.75, 3.05) is 18.4 Å². The van der Waals surface area contributed by atoms with E-state index in [1.165, 1.54) is 6.20 Å². The Morgan fingerprint density at radius 2 is 2.22 bits per heavy atom. The summed E-state index contributed by atoms with van der Waals surface area (Å²) in [7, 11) is 0. The molecule has 0 saturated carbocycles. The molecule has 1 saturated heterocycles. The fourth-order valence-electron chi connectivity index (χ4n) is 2.73. The van der Waals surface area contributed by atoms with E-state index in [-0.39, 0.29) is 11.9 Å². The van der Waals surface area contributed by atoms with E-state index in [2.05, 4.69) is 30.6 Å². The number of hydrogen-bond acceptors (Lipinski definition) is 5. The molecule has 0 unspecified atom stereocenters. The van der Waals surface area contributed by atoms with Crippen LogP contribution < -0.4 is 10.6 Å². The molecule has 3 N–H and O–H groups in total. The Hall–Kier alpha value is -2.25. The van der Waals surface area contributed by atoms with Crippen molar-refractivity contribution in [2.45, 2.75) is 12.5 Å². The first-order valence-corrected chi connectivity index (χ1v) is 7.71. The van der Waals surface area contributed by atoms with Gasteiger partial charge >= 0.3 is 0 Å². The Labute approximate surface area is 136 Å². The Kier molecular flexibility index (Phi) is 3.59. The van der Waals surface area contributed by atoms with E-state index >= 15 is 0 Å². The van der Waals surface area contributed by atoms with Crippen LogP contribution in [-0.4, -0.2) is 39.1 Å². The minimum atomic E-state index is -0.461. The zero-order valence-electron chi connectivity index (χ0n) is 12.1. The van der Waals surface area contributed by atoms with Crippen LogP contribution in [0.15, 0.2) is 24.7 Å². The van der Waals surface area contributed by atoms with Crippen LogP contribution in [0.2, 0.25) is 5.02 Å². The van der Waals surface area contributed by atoms with Gasteiger partial charge < -0.3 is 15.6 Å². The standard InChI is InChI=1S/C15H14ClFN6/c16-8-3-10-11(6-20-13(10)19-4-8)14-21-7-12(17)15(23-14)22-9-1-2-18-5-9/h3-4,6-7,9,18H,1-2,5H2,(H,19,20)(H,21,22,23)/t9-/m0/s1. The number of anilines is 1. The summed E-state index contributed by atoms with van der Waals surface area (Å²) in [6.07, 6.45) is 5.44. The molecule has 0 bridgehead atoms. The molecule has 4 heterocycles. The maximum atomic E-state index is 14.0. The summed E-state index contributed by atoms with van der Waals surface area (Å²) in [4.78, 5) is 15.7. The maximum absolute atomic E-state index is 14.0. The van der Waals surface area contributed by atoms with Crippen molar-refractivity contribution < 1.29 is 4.39 Å². The number of hydrogen-bond donors (Lipinski definition) is 3. The largest absolute Gasteiger partial charge is 0.363 e. The number of halogens is 2. The number of pyridine rings is 1. The average molecular weight is 333 g/mol. The molecule has 1 aliphatic heterocycles. The third-order valence-corrected chi connectivity index (χ3v) is 4.09. The van der Waals surface area contributed by atoms with Crippen LogP contribution in [0.1, 0.15) is 6.42 Å². The van der Waals surface area contributed by atoms with Crippen molar-refractivity contribution in [3.63, 3.8) is 0 Å². The van der Waals surface area contributed by atoms with Crippen molar-refractivity contribution in [2.24, 2.45) is 0 Å². The molecule has 0 amide bonds. The molecular weight excluding hydrogens is 319 g/mol. The molecule has 0 spiro atoms. The first-order chi connectivity index (χ1) is 11.2. The van der Waals surface area contributed by atoms with E-state index in [0.29, 0.717) is 16.5 Å². The van der Waals surface area contributed by atoms with E-state index in [0.717, 1.165) is 30.5 Å². The minimum absolute atomic E-state index is 0.173. The molecule has 118 valence electrons. The predicted octanol–water partition coefficient (Wildman–Crippen LogP) is 2.59. The summed E-state index contributed by atoms with van der Waals surface area (Å²) >= 11 is 6.01. The van der Waals surface area contributed by atoms with Gasteiger partial charge in [0.1, 0.15) is 5.65 Å². The number of aromatic amines is 1. The SMILES string of the molecule is Fc1cnc(-c2c[nH]c3ncc(Cl)cc23)nc1N[C@H]1CCNC1. The maximum Gasteiger partial charge on any atom is 0.183 e. The third-order valence-electron chi connectivity index (χ3n) is 3.88. The van der Waals surface area contributed by atoms with Crippen molar-refractivity contribution in [1.82, 2.24) is 25.3 Å². The van der Waals surface area contributed by atoms with E-state index in [1.807, 2.05) is 0 Å². The van der Waals surface area contributed by atoms with Gasteiger partial charge in [0.15, 0.2) is 17.5 Å². The minimum Gasteiger partial charge on any atom is -0.363 e. The zero-order valence-corrected chi connectivity index (χ0v) is 12.9. The summed E-state index contributed by atoms with van der Waals surface area (Å²) in [5.74, 6) is 0.180. The van der Waals surface area contributed by atoms with Crippen molar-refractivity contribution >= 4 is 28.5 Å². The fraction of sp³-hybridized carbons (Fsp3) is 0.267. The average Bonchev–Trinajstić information content (AvgIpc) is 3.19. The monoisotopic (exact) mass is 332 g/mol. The summed E-state index contributed by atoms with van der Waals surface area (Å²) in [6, 6.07) is 1.96. The topological polar surface area (TPSA) is 78.5 Å². The summed E-state index contributed by atoms with van der Waals surface area (Å²) < 4.78 is 14.0. The van der Waals surface area contributed by atoms with Crippen molar-refractivity contribution in [3.8, 4) is 11.4 Å². The number of rotatable bonds is 3. The molecule has 1 atom stereocenters. The molecule has 3 aromatic rings. The quantitative estimate of drug-likeness (QED) is 0.687. The predicted molar refractivity (Wildman–Crippen MR) is 87.0 cm³/mol. The van der Waals surface area contributed by atoms with Crippen molar-refractivity contribution in [1.29, 1.82) is 0 Å². The lowest BCUT2D eigenvalue weighted by atomic mass is 10.2. The van der Waals surface area contributed by atoms with E-state index in [1.54, 1.807) is 18.5 Å². The second kappa shape index (κ2) is 5.75. The van der Waals surface area contributed by atoms with Crippen LogP contribution in [0.4, 0.5) is 10.2 Å². The van der Waals surface area contributed by atoms with Crippen LogP contribution >= 0.6 is 11.6 Å². The van der Waals surface area contributed by atoms with Gasteiger partial charge in [0.25, 0.3) is 0 Å². The molecule has 1 fully saturated rings. The van der Waals surface area contributed by atoms with Gasteiger partial charge in [0.05, 0.1) is 11.2 Å². The lowest BCUT2D eigenvalue weighted by Gasteiger charge is -2.13. The number of fused-ring (bicyclic) bond motifs is 1. The highest BCUT2D eigenvalue weighted by molar-refractivity contribution is 6.31. The smallest absolute Gasteiger partial charge is 0.183 e. The fourth-order valence-corrected chi connectivity index (χ4v) is 2.89. The lowest BCUT2D eigenvalue weighted by molar-refractivity contribution is 0.612. The third kappa shape index (κ3) is 2.73. The highest BCUT2D eigenvalue weighted by atomic mass is 35.5. The van der Waals surface area contributed by atoms with Gasteiger partial charge in [-0.1, -0.05) is 11.6 Å². The molecule has 4 rings (SSSR count). The Morgan fingerprint density at radius 1 is 1.30 bits per heavy atom. The Balaban J connectivity index is 1.74. The van der Waals surface area contributed by atoms with Gasteiger partial charge in [0, 0.05) is 35.9 Å². The van der Waals surface area contributed by atoms with Crippen molar-refractivity contribution in [3.05, 3.63) is 35.5 Å². The number of H-pyrrole nitrogens is 1. The molecule has 6 nitrogen and oxygen atoms in total. The zero-order chi connectivity index (χ0) is 15.8. The van der Waals surface area contributed by atoms with Crippen LogP contribution in [0.3, 0.4) is 0 Å². The summed E-state index contributed by atoms with van der Waals surface area (Å²) in [5.41, 5.74) is 1.43. The second-order valence-corrected chi connectivity index (χ2v) is 5.91. The number of nitrogens with one attached hydrogen (secondary N) is 3. The van der Waals surface area contributed by atoms with Gasteiger partial charge in [-0.15, -0.1) is 0 Å². The number of aromatic nitrogens is 4. The molecule has 0 aromatic carbocycles. The molecule has 1 aliphatic rings. The normalized spacial score (nSPS) is 17.7. The van der Waals surface area contributed by atoms with Gasteiger partial charge in [-0.05, 0) is 19.0 Å². The highest BCUT2D eigenvalue weighted by Crippen LogP contribution is 2.28. The first kappa shape index (κ1) is 14.3. The van der Waals surface area contributed by atoms with Gasteiger partial charge in [-0.25, -0.2) is 19.3 Å². The van der Waals surface area contributed by atoms with Gasteiger partial charge in [0.2, 0.25) is 0 Å². The Bertz CT molecular complexity index is 858. The van der Waals surface area contributed by atoms with Crippen LogP contribution in [0.5, 0.6) is 0 Å². The molecule has 8 heteroatoms. The van der Waals surface area contributed by atoms with E-state index in [9.17, 15) is 4.39 Å². The molecule has 0 aliphatic carbocycles. The van der Waals surface area contributed by atoms with Crippen LogP contribution in [0.25, 0.3) is 22.4 Å². The lowest BCUT2D eigenvalue weighted by Crippen LogP contribution is -2.23. The molecular formula is C15H14ClFN6. The summed E-state index contributed by atoms with van der Waals surface area (Å²) in [5, 5.41) is 7.69.